The van der Waals surface area contributed by atoms with Crippen molar-refractivity contribution < 1.29 is 4.74 Å². The largest absolute Gasteiger partial charge is 0.489 e. The number of ether oxygens (including phenoxy) is 1. The molecule has 154 valence electrons. The van der Waals surface area contributed by atoms with Gasteiger partial charge in [-0.15, -0.1) is 0 Å². The van der Waals surface area contributed by atoms with Crippen molar-refractivity contribution in [2.45, 2.75) is 45.8 Å². The predicted molar refractivity (Wildman–Crippen MR) is 123 cm³/mol. The van der Waals surface area contributed by atoms with Gasteiger partial charge in [0.05, 0.1) is 10.2 Å². The monoisotopic (exact) mass is 409 g/mol. The van der Waals surface area contributed by atoms with Gasteiger partial charge in [-0.2, -0.15) is 0 Å². The van der Waals surface area contributed by atoms with Crippen LogP contribution in [0.15, 0.2) is 42.5 Å². The number of hydrogen-bond donors (Lipinski definition) is 0. The molecule has 4 nitrogen and oxygen atoms in total. The molecule has 0 saturated carbocycles. The van der Waals surface area contributed by atoms with Gasteiger partial charge in [0.1, 0.15) is 11.9 Å². The molecule has 1 unspecified atom stereocenters. The minimum absolute atomic E-state index is 0.190. The van der Waals surface area contributed by atoms with Gasteiger partial charge in [0.2, 0.25) is 0 Å². The summed E-state index contributed by atoms with van der Waals surface area (Å²) in [5.41, 5.74) is 3.62. The van der Waals surface area contributed by atoms with Crippen molar-refractivity contribution in [1.82, 2.24) is 9.88 Å². The highest BCUT2D eigenvalue weighted by Crippen LogP contribution is 2.31. The molecule has 1 atom stereocenters. The van der Waals surface area contributed by atoms with Gasteiger partial charge in [-0.1, -0.05) is 29.5 Å². The second kappa shape index (κ2) is 8.72. The highest BCUT2D eigenvalue weighted by molar-refractivity contribution is 7.22. The fourth-order valence-corrected chi connectivity index (χ4v) is 5.29. The van der Waals surface area contributed by atoms with E-state index in [0.29, 0.717) is 6.04 Å². The predicted octanol–water partition coefficient (Wildman–Crippen LogP) is 5.28. The number of aromatic nitrogens is 1. The van der Waals surface area contributed by atoms with E-state index in [0.717, 1.165) is 36.0 Å². The standard InChI is InChI=1S/C24H31N3OS/c1-17-13-18(2)15-21(14-17)28-19(3)16-27-11-9-20(10-12-27)26(4)24-25-22-7-5-6-8-23(22)29-24/h5-8,13-15,19-20H,9-12,16H2,1-4H3. The molecule has 1 aliphatic heterocycles. The summed E-state index contributed by atoms with van der Waals surface area (Å²) in [6.07, 6.45) is 2.53. The van der Waals surface area contributed by atoms with E-state index >= 15 is 0 Å². The molecular formula is C24H31N3OS. The summed E-state index contributed by atoms with van der Waals surface area (Å²) in [7, 11) is 2.20. The van der Waals surface area contributed by atoms with Crippen molar-refractivity contribution >= 4 is 26.7 Å². The summed E-state index contributed by atoms with van der Waals surface area (Å²) in [4.78, 5) is 9.75. The van der Waals surface area contributed by atoms with Crippen LogP contribution < -0.4 is 9.64 Å². The summed E-state index contributed by atoms with van der Waals surface area (Å²) in [6.45, 7) is 9.62. The lowest BCUT2D eigenvalue weighted by Gasteiger charge is -2.37. The van der Waals surface area contributed by atoms with Gasteiger partial charge in [-0.3, -0.25) is 4.90 Å². The van der Waals surface area contributed by atoms with E-state index < -0.39 is 0 Å². The first-order chi connectivity index (χ1) is 14.0. The molecule has 0 amide bonds. The molecule has 1 aliphatic rings. The van der Waals surface area contributed by atoms with E-state index in [1.165, 1.54) is 28.7 Å². The molecule has 1 saturated heterocycles. The number of rotatable bonds is 6. The van der Waals surface area contributed by atoms with E-state index in [1.54, 1.807) is 11.3 Å². The maximum atomic E-state index is 6.20. The number of aryl methyl sites for hydroxylation is 2. The Labute approximate surface area is 178 Å². The second-order valence-electron chi connectivity index (χ2n) is 8.36. The molecule has 2 heterocycles. The number of anilines is 1. The zero-order valence-electron chi connectivity index (χ0n) is 17.9. The number of fused-ring (bicyclic) bond motifs is 1. The van der Waals surface area contributed by atoms with Crippen molar-refractivity contribution in [2.75, 3.05) is 31.6 Å². The highest BCUT2D eigenvalue weighted by Gasteiger charge is 2.25. The van der Waals surface area contributed by atoms with Gasteiger partial charge in [-0.05, 0) is 69.0 Å². The summed E-state index contributed by atoms with van der Waals surface area (Å²) in [6, 6.07) is 15.4. The number of hydrogen-bond acceptors (Lipinski definition) is 5. The quantitative estimate of drug-likeness (QED) is 0.554. The van der Waals surface area contributed by atoms with Crippen molar-refractivity contribution in [3.05, 3.63) is 53.6 Å². The minimum atomic E-state index is 0.190. The fourth-order valence-electron chi connectivity index (χ4n) is 4.29. The molecule has 2 aromatic carbocycles. The SMILES string of the molecule is Cc1cc(C)cc(OC(C)CN2CCC(N(C)c3nc4ccccc4s3)CC2)c1. The Morgan fingerprint density at radius 1 is 1.14 bits per heavy atom. The van der Waals surface area contributed by atoms with Crippen LogP contribution in [0.3, 0.4) is 0 Å². The molecule has 3 aromatic rings. The molecule has 1 aromatic heterocycles. The van der Waals surface area contributed by atoms with Gasteiger partial charge in [0, 0.05) is 32.7 Å². The van der Waals surface area contributed by atoms with Crippen LogP contribution in [0.4, 0.5) is 5.13 Å². The Balaban J connectivity index is 1.29. The van der Waals surface area contributed by atoms with Crippen molar-refractivity contribution in [2.24, 2.45) is 0 Å². The van der Waals surface area contributed by atoms with Crippen molar-refractivity contribution in [1.29, 1.82) is 0 Å². The highest BCUT2D eigenvalue weighted by atomic mass is 32.1. The molecule has 29 heavy (non-hydrogen) atoms. The Morgan fingerprint density at radius 2 is 1.83 bits per heavy atom. The maximum absolute atomic E-state index is 6.20. The first kappa shape index (κ1) is 20.2. The van der Waals surface area contributed by atoms with Crippen molar-refractivity contribution in [3.63, 3.8) is 0 Å². The third kappa shape index (κ3) is 4.90. The van der Waals surface area contributed by atoms with Gasteiger partial charge in [-0.25, -0.2) is 4.98 Å². The van der Waals surface area contributed by atoms with E-state index in [9.17, 15) is 0 Å². The van der Waals surface area contributed by atoms with Crippen LogP contribution >= 0.6 is 11.3 Å². The molecule has 0 spiro atoms. The Hall–Kier alpha value is -2.11. The van der Waals surface area contributed by atoms with Gasteiger partial charge in [0.25, 0.3) is 0 Å². The van der Waals surface area contributed by atoms with Gasteiger partial charge in [0.15, 0.2) is 5.13 Å². The third-order valence-electron chi connectivity index (χ3n) is 5.74. The van der Waals surface area contributed by atoms with Crippen LogP contribution in [0, 0.1) is 13.8 Å². The minimum Gasteiger partial charge on any atom is -0.489 e. The topological polar surface area (TPSA) is 28.6 Å². The fraction of sp³-hybridized carbons (Fsp3) is 0.458. The first-order valence-corrected chi connectivity index (χ1v) is 11.4. The number of para-hydroxylation sites is 1. The number of piperidine rings is 1. The van der Waals surface area contributed by atoms with E-state index in [1.807, 2.05) is 0 Å². The molecule has 0 N–H and O–H groups in total. The zero-order valence-corrected chi connectivity index (χ0v) is 18.7. The van der Waals surface area contributed by atoms with Gasteiger partial charge >= 0.3 is 0 Å². The Bertz CT molecular complexity index is 908. The smallest absolute Gasteiger partial charge is 0.186 e. The molecule has 0 bridgehead atoms. The van der Waals surface area contributed by atoms with Crippen LogP contribution in [0.2, 0.25) is 0 Å². The molecular weight excluding hydrogens is 378 g/mol. The van der Waals surface area contributed by atoms with E-state index in [2.05, 4.69) is 80.1 Å². The summed E-state index contributed by atoms with van der Waals surface area (Å²) >= 11 is 1.80. The number of nitrogens with zero attached hydrogens (tertiary/aromatic N) is 3. The number of likely N-dealkylation sites (tertiary alicyclic amines) is 1. The van der Waals surface area contributed by atoms with Crippen LogP contribution in [-0.2, 0) is 0 Å². The van der Waals surface area contributed by atoms with E-state index in [4.69, 9.17) is 9.72 Å². The molecule has 5 heteroatoms. The van der Waals surface area contributed by atoms with E-state index in [-0.39, 0.29) is 6.10 Å². The maximum Gasteiger partial charge on any atom is 0.186 e. The molecule has 0 aliphatic carbocycles. The summed E-state index contributed by atoms with van der Waals surface area (Å²) in [5, 5.41) is 1.14. The summed E-state index contributed by atoms with van der Waals surface area (Å²) < 4.78 is 7.46. The lowest BCUT2D eigenvalue weighted by molar-refractivity contribution is 0.124. The van der Waals surface area contributed by atoms with Gasteiger partial charge < -0.3 is 9.64 Å². The average molecular weight is 410 g/mol. The second-order valence-corrected chi connectivity index (χ2v) is 9.37. The molecule has 0 radical (unpaired) electrons. The van der Waals surface area contributed by atoms with Crippen LogP contribution in [0.5, 0.6) is 5.75 Å². The number of benzene rings is 2. The Kier molecular flexibility index (Phi) is 6.07. The van der Waals surface area contributed by atoms with Crippen molar-refractivity contribution in [3.8, 4) is 5.75 Å². The normalized spacial score (nSPS) is 16.8. The zero-order chi connectivity index (χ0) is 20.4. The average Bonchev–Trinajstić information content (AvgIpc) is 3.11. The third-order valence-corrected chi connectivity index (χ3v) is 6.86. The number of thiazole rings is 1. The van der Waals surface area contributed by atoms with Crippen LogP contribution in [0.25, 0.3) is 10.2 Å². The molecule has 1 fully saturated rings. The Morgan fingerprint density at radius 3 is 2.52 bits per heavy atom. The van der Waals surface area contributed by atoms with Crippen LogP contribution in [-0.4, -0.2) is 48.7 Å². The van der Waals surface area contributed by atoms with Crippen LogP contribution in [0.1, 0.15) is 30.9 Å². The lowest BCUT2D eigenvalue weighted by Crippen LogP contribution is -2.46. The lowest BCUT2D eigenvalue weighted by atomic mass is 10.0. The summed E-state index contributed by atoms with van der Waals surface area (Å²) in [5.74, 6) is 0.987. The first-order valence-electron chi connectivity index (χ1n) is 10.5. The molecule has 4 rings (SSSR count).